The zero-order chi connectivity index (χ0) is 22.4. The molecule has 0 saturated carbocycles. The highest BCUT2D eigenvalue weighted by Crippen LogP contribution is 2.27. The van der Waals surface area contributed by atoms with Crippen LogP contribution in [0.2, 0.25) is 5.02 Å². The number of halogens is 2. The highest BCUT2D eigenvalue weighted by Gasteiger charge is 2.28. The third-order valence-corrected chi connectivity index (χ3v) is 6.76. The SMILES string of the molecule is CC(C)(C)OC(=O)N1CCC(OC[C@H](I)CC2CCN(c3ncc(Cl)cn3)CC2)CC1. The van der Waals surface area contributed by atoms with Crippen molar-refractivity contribution in [1.29, 1.82) is 0 Å². The van der Waals surface area contributed by atoms with Crippen LogP contribution in [0, 0.1) is 5.92 Å². The summed E-state index contributed by atoms with van der Waals surface area (Å²) in [5, 5.41) is 0.571. The summed E-state index contributed by atoms with van der Waals surface area (Å²) in [5.41, 5.74) is -0.448. The monoisotopic (exact) mass is 564 g/mol. The lowest BCUT2D eigenvalue weighted by atomic mass is 9.92. The first-order valence-corrected chi connectivity index (χ1v) is 12.8. The van der Waals surface area contributed by atoms with E-state index in [4.69, 9.17) is 21.1 Å². The molecule has 2 saturated heterocycles. The largest absolute Gasteiger partial charge is 0.444 e. The van der Waals surface area contributed by atoms with E-state index >= 15 is 0 Å². The number of anilines is 1. The first kappa shape index (κ1) is 24.8. The third-order valence-electron chi connectivity index (χ3n) is 5.70. The molecule has 0 spiro atoms. The van der Waals surface area contributed by atoms with Crippen molar-refractivity contribution in [2.75, 3.05) is 37.7 Å². The molecule has 0 bridgehead atoms. The van der Waals surface area contributed by atoms with Crippen molar-refractivity contribution in [3.63, 3.8) is 0 Å². The molecule has 1 atom stereocenters. The minimum atomic E-state index is -0.448. The van der Waals surface area contributed by atoms with E-state index in [1.165, 1.54) is 6.42 Å². The Labute approximate surface area is 204 Å². The second kappa shape index (κ2) is 11.3. The fraction of sp³-hybridized carbons (Fsp3) is 0.773. The molecule has 2 fully saturated rings. The molecule has 1 amide bonds. The first-order chi connectivity index (χ1) is 14.7. The molecule has 31 heavy (non-hydrogen) atoms. The molecule has 2 aliphatic rings. The maximum atomic E-state index is 12.2. The minimum Gasteiger partial charge on any atom is -0.444 e. The maximum absolute atomic E-state index is 12.2. The van der Waals surface area contributed by atoms with Gasteiger partial charge in [-0.25, -0.2) is 14.8 Å². The van der Waals surface area contributed by atoms with Crippen molar-refractivity contribution < 1.29 is 14.3 Å². The fourth-order valence-electron chi connectivity index (χ4n) is 4.04. The topological polar surface area (TPSA) is 67.8 Å². The Morgan fingerprint density at radius 1 is 1.16 bits per heavy atom. The summed E-state index contributed by atoms with van der Waals surface area (Å²) in [6.07, 6.45) is 8.57. The molecule has 0 unspecified atom stereocenters. The second-order valence-electron chi connectivity index (χ2n) is 9.46. The van der Waals surface area contributed by atoms with E-state index in [9.17, 15) is 4.79 Å². The smallest absolute Gasteiger partial charge is 0.410 e. The Kier molecular flexibility index (Phi) is 9.04. The normalized spacial score (nSPS) is 20.0. The molecule has 3 heterocycles. The summed E-state index contributed by atoms with van der Waals surface area (Å²) in [7, 11) is 0. The van der Waals surface area contributed by atoms with Gasteiger partial charge in [-0.05, 0) is 58.8 Å². The number of carbonyl (C=O) groups is 1. The van der Waals surface area contributed by atoms with Crippen molar-refractivity contribution in [3.8, 4) is 0 Å². The fourth-order valence-corrected chi connectivity index (χ4v) is 5.06. The number of alkyl halides is 1. The molecule has 1 aromatic rings. The van der Waals surface area contributed by atoms with Gasteiger partial charge in [0.2, 0.25) is 5.95 Å². The first-order valence-electron chi connectivity index (χ1n) is 11.2. The van der Waals surface area contributed by atoms with Crippen LogP contribution in [-0.4, -0.2) is 69.4 Å². The lowest BCUT2D eigenvalue weighted by Crippen LogP contribution is -2.43. The van der Waals surface area contributed by atoms with Crippen LogP contribution in [0.3, 0.4) is 0 Å². The van der Waals surface area contributed by atoms with Crippen molar-refractivity contribution in [3.05, 3.63) is 17.4 Å². The van der Waals surface area contributed by atoms with E-state index in [2.05, 4.69) is 37.5 Å². The van der Waals surface area contributed by atoms with E-state index < -0.39 is 5.60 Å². The number of aromatic nitrogens is 2. The molecular formula is C22H34ClIN4O3. The number of likely N-dealkylation sites (tertiary alicyclic amines) is 1. The molecular weight excluding hydrogens is 531 g/mol. The molecule has 7 nitrogen and oxygen atoms in total. The van der Waals surface area contributed by atoms with Gasteiger partial charge in [-0.2, -0.15) is 0 Å². The summed E-state index contributed by atoms with van der Waals surface area (Å²) in [4.78, 5) is 24.9. The molecule has 9 heteroatoms. The van der Waals surface area contributed by atoms with Gasteiger partial charge in [0, 0.05) is 30.1 Å². The van der Waals surface area contributed by atoms with Crippen molar-refractivity contribution in [2.24, 2.45) is 5.92 Å². The quantitative estimate of drug-likeness (QED) is 0.360. The van der Waals surface area contributed by atoms with Gasteiger partial charge in [0.05, 0.1) is 30.1 Å². The predicted molar refractivity (Wildman–Crippen MR) is 131 cm³/mol. The Bertz CT molecular complexity index is 700. The van der Waals surface area contributed by atoms with Gasteiger partial charge < -0.3 is 19.3 Å². The van der Waals surface area contributed by atoms with Crippen LogP contribution in [0.5, 0.6) is 0 Å². The zero-order valence-corrected chi connectivity index (χ0v) is 21.6. The Morgan fingerprint density at radius 3 is 2.35 bits per heavy atom. The van der Waals surface area contributed by atoms with Crippen LogP contribution in [0.15, 0.2) is 12.4 Å². The molecule has 0 N–H and O–H groups in total. The van der Waals surface area contributed by atoms with Crippen LogP contribution in [0.1, 0.15) is 52.9 Å². The van der Waals surface area contributed by atoms with E-state index in [0.717, 1.165) is 51.3 Å². The van der Waals surface area contributed by atoms with Crippen LogP contribution in [-0.2, 0) is 9.47 Å². The van der Waals surface area contributed by atoms with E-state index in [1.54, 1.807) is 17.3 Å². The lowest BCUT2D eigenvalue weighted by molar-refractivity contribution is -0.0110. The number of rotatable bonds is 6. The highest BCUT2D eigenvalue weighted by molar-refractivity contribution is 14.1. The van der Waals surface area contributed by atoms with E-state index in [-0.39, 0.29) is 12.2 Å². The van der Waals surface area contributed by atoms with E-state index in [0.29, 0.717) is 28.0 Å². The number of nitrogens with zero attached hydrogens (tertiary/aromatic N) is 4. The number of hydrogen-bond donors (Lipinski definition) is 0. The molecule has 0 aromatic carbocycles. The van der Waals surface area contributed by atoms with Crippen molar-refractivity contribution in [2.45, 2.75) is 68.5 Å². The molecule has 1 aromatic heterocycles. The van der Waals surface area contributed by atoms with Crippen LogP contribution >= 0.6 is 34.2 Å². The number of hydrogen-bond acceptors (Lipinski definition) is 6. The third kappa shape index (κ3) is 8.20. The van der Waals surface area contributed by atoms with Crippen LogP contribution in [0.4, 0.5) is 10.7 Å². The summed E-state index contributed by atoms with van der Waals surface area (Å²) in [5.74, 6) is 1.48. The van der Waals surface area contributed by atoms with Gasteiger partial charge in [0.1, 0.15) is 5.60 Å². The molecule has 2 aliphatic heterocycles. The summed E-state index contributed by atoms with van der Waals surface area (Å²) in [6, 6.07) is 0. The highest BCUT2D eigenvalue weighted by atomic mass is 127. The Morgan fingerprint density at radius 2 is 1.77 bits per heavy atom. The van der Waals surface area contributed by atoms with Gasteiger partial charge in [0.15, 0.2) is 0 Å². The van der Waals surface area contributed by atoms with Crippen LogP contribution < -0.4 is 4.90 Å². The minimum absolute atomic E-state index is 0.215. The Hall–Kier alpha value is -0.870. The number of piperidine rings is 2. The average Bonchev–Trinajstić information content (AvgIpc) is 2.73. The number of carbonyl (C=O) groups excluding carboxylic acids is 1. The summed E-state index contributed by atoms with van der Waals surface area (Å²) >= 11 is 8.41. The molecule has 174 valence electrons. The van der Waals surface area contributed by atoms with Gasteiger partial charge >= 0.3 is 6.09 Å². The van der Waals surface area contributed by atoms with E-state index in [1.807, 2.05) is 20.8 Å². The predicted octanol–water partition coefficient (Wildman–Crippen LogP) is 4.96. The molecule has 0 aliphatic carbocycles. The lowest BCUT2D eigenvalue weighted by Gasteiger charge is -2.34. The average molecular weight is 565 g/mol. The number of ether oxygens (including phenoxy) is 2. The van der Waals surface area contributed by atoms with Gasteiger partial charge in [-0.15, -0.1) is 0 Å². The Balaban J connectivity index is 1.31. The van der Waals surface area contributed by atoms with Gasteiger partial charge in [-0.3, -0.25) is 0 Å². The maximum Gasteiger partial charge on any atom is 0.410 e. The second-order valence-corrected chi connectivity index (χ2v) is 11.7. The summed E-state index contributed by atoms with van der Waals surface area (Å²) in [6.45, 7) is 9.86. The van der Waals surface area contributed by atoms with Gasteiger partial charge in [0.25, 0.3) is 0 Å². The van der Waals surface area contributed by atoms with Crippen LogP contribution in [0.25, 0.3) is 0 Å². The number of amides is 1. The summed E-state index contributed by atoms with van der Waals surface area (Å²) < 4.78 is 12.2. The molecule has 0 radical (unpaired) electrons. The van der Waals surface area contributed by atoms with Crippen molar-refractivity contribution in [1.82, 2.24) is 14.9 Å². The van der Waals surface area contributed by atoms with Gasteiger partial charge in [-0.1, -0.05) is 34.2 Å². The molecule has 3 rings (SSSR count). The standard InChI is InChI=1S/C22H34ClIN4O3/c1-22(2,3)31-21(29)28-10-6-19(7-11-28)30-15-18(24)12-16-4-8-27(9-5-16)20-25-13-17(23)14-26-20/h13-14,16,18-19H,4-12,15H2,1-3H3/t18-/m1/s1. The van der Waals surface area contributed by atoms with Crippen molar-refractivity contribution >= 4 is 46.2 Å². The zero-order valence-electron chi connectivity index (χ0n) is 18.7.